The summed E-state index contributed by atoms with van der Waals surface area (Å²) in [6, 6.07) is 12.2. The molecule has 0 saturated carbocycles. The van der Waals surface area contributed by atoms with Crippen LogP contribution in [0, 0.1) is 0 Å². The van der Waals surface area contributed by atoms with Gasteiger partial charge in [-0.15, -0.1) is 0 Å². The average molecular weight is 413 g/mol. The highest BCUT2D eigenvalue weighted by Crippen LogP contribution is 2.44. The van der Waals surface area contributed by atoms with Crippen molar-refractivity contribution in [2.75, 3.05) is 0 Å². The van der Waals surface area contributed by atoms with Crippen LogP contribution in [-0.4, -0.2) is 34.0 Å². The molecule has 1 spiro atoms. The Balaban J connectivity index is 2.01. The first kappa shape index (κ1) is 16.4. The van der Waals surface area contributed by atoms with Gasteiger partial charge >= 0.3 is 5.97 Å². The summed E-state index contributed by atoms with van der Waals surface area (Å²) in [5.41, 5.74) is -2.87. The van der Waals surface area contributed by atoms with Crippen molar-refractivity contribution in [2.45, 2.75) is 5.60 Å². The molecule has 1 aliphatic carbocycles. The number of esters is 1. The summed E-state index contributed by atoms with van der Waals surface area (Å²) in [4.78, 5) is 50.2. The van der Waals surface area contributed by atoms with Crippen LogP contribution in [0.3, 0.4) is 0 Å². The highest BCUT2D eigenvalue weighted by molar-refractivity contribution is 9.10. The Kier molecular flexibility index (Phi) is 3.45. The number of ketones is 3. The van der Waals surface area contributed by atoms with Crippen molar-refractivity contribution in [2.24, 2.45) is 0 Å². The number of benzene rings is 2. The second kappa shape index (κ2) is 5.47. The van der Waals surface area contributed by atoms with E-state index in [1.165, 1.54) is 24.3 Å². The normalized spacial score (nSPS) is 19.7. The quantitative estimate of drug-likeness (QED) is 0.254. The molecule has 2 aliphatic rings. The van der Waals surface area contributed by atoms with Crippen LogP contribution in [0.15, 0.2) is 58.6 Å². The van der Waals surface area contributed by atoms with Crippen molar-refractivity contribution in [3.05, 3.63) is 75.3 Å². The molecule has 7 heteroatoms. The maximum Gasteiger partial charge on any atom is 0.381 e. The van der Waals surface area contributed by atoms with Crippen molar-refractivity contribution in [3.63, 3.8) is 0 Å². The van der Waals surface area contributed by atoms with Gasteiger partial charge in [-0.1, -0.05) is 52.3 Å². The number of ether oxygens (including phenoxy) is 1. The Hall–Kier alpha value is -3.06. The summed E-state index contributed by atoms with van der Waals surface area (Å²) >= 11 is 3.24. The molecule has 1 aliphatic heterocycles. The molecule has 0 bridgehead atoms. The van der Waals surface area contributed by atoms with Crippen LogP contribution >= 0.6 is 15.9 Å². The van der Waals surface area contributed by atoms with Crippen LogP contribution in [0.4, 0.5) is 0 Å². The van der Waals surface area contributed by atoms with Gasteiger partial charge < -0.3 is 9.84 Å². The smallest absolute Gasteiger partial charge is 0.381 e. The van der Waals surface area contributed by atoms with Gasteiger partial charge in [0.15, 0.2) is 0 Å². The molecule has 0 radical (unpaired) electrons. The zero-order valence-electron chi connectivity index (χ0n) is 13.0. The van der Waals surface area contributed by atoms with E-state index in [1.807, 2.05) is 0 Å². The standard InChI is InChI=1S/C19H9BrO6/c20-10-5-3-4-9(8-10)14(21)13-15(22)18(25)26-19(13)16(23)11-6-1-2-7-12(11)17(19)24/h1-8,21H/b14-13-. The van der Waals surface area contributed by atoms with Crippen LogP contribution < -0.4 is 0 Å². The van der Waals surface area contributed by atoms with Gasteiger partial charge in [-0.05, 0) is 12.1 Å². The van der Waals surface area contributed by atoms with Crippen LogP contribution in [0.2, 0.25) is 0 Å². The van der Waals surface area contributed by atoms with E-state index in [1.54, 1.807) is 24.3 Å². The number of carbonyl (C=O) groups is 4. The highest BCUT2D eigenvalue weighted by Gasteiger charge is 2.67. The van der Waals surface area contributed by atoms with Gasteiger partial charge in [0.25, 0.3) is 11.4 Å². The molecule has 0 unspecified atom stereocenters. The maximum absolute atomic E-state index is 12.9. The number of rotatable bonds is 1. The molecule has 0 amide bonds. The van der Waals surface area contributed by atoms with E-state index in [4.69, 9.17) is 4.74 Å². The van der Waals surface area contributed by atoms with Gasteiger partial charge in [0.1, 0.15) is 11.3 Å². The number of aliphatic hydroxyl groups is 1. The number of carbonyl (C=O) groups excluding carboxylic acids is 4. The highest BCUT2D eigenvalue weighted by atomic mass is 79.9. The molecule has 2 aromatic rings. The van der Waals surface area contributed by atoms with Crippen LogP contribution in [0.25, 0.3) is 5.76 Å². The van der Waals surface area contributed by atoms with Crippen LogP contribution in [-0.2, 0) is 14.3 Å². The summed E-state index contributed by atoms with van der Waals surface area (Å²) in [5.74, 6) is -4.88. The van der Waals surface area contributed by atoms with E-state index in [0.29, 0.717) is 4.47 Å². The molecule has 2 aromatic carbocycles. The van der Waals surface area contributed by atoms with Gasteiger partial charge in [-0.2, -0.15) is 0 Å². The first-order valence-corrected chi connectivity index (χ1v) is 8.33. The summed E-state index contributed by atoms with van der Waals surface area (Å²) in [7, 11) is 0. The lowest BCUT2D eigenvalue weighted by molar-refractivity contribution is -0.149. The van der Waals surface area contributed by atoms with Crippen molar-refractivity contribution in [1.82, 2.24) is 0 Å². The lowest BCUT2D eigenvalue weighted by Gasteiger charge is -2.20. The second-order valence-corrected chi connectivity index (χ2v) is 6.75. The fourth-order valence-electron chi connectivity index (χ4n) is 3.23. The van der Waals surface area contributed by atoms with E-state index in [-0.39, 0.29) is 16.7 Å². The third-order valence-corrected chi connectivity index (χ3v) is 4.89. The number of Topliss-reactive ketones (excluding diaryl/α,β-unsaturated/α-hetero) is 3. The number of fused-ring (bicyclic) bond motifs is 1. The molecule has 1 heterocycles. The Morgan fingerprint density at radius 2 is 1.54 bits per heavy atom. The van der Waals surface area contributed by atoms with Gasteiger partial charge in [-0.25, -0.2) is 4.79 Å². The Bertz CT molecular complexity index is 1030. The molecule has 6 nitrogen and oxygen atoms in total. The molecule has 1 N–H and O–H groups in total. The molecular formula is C19H9BrO6. The van der Waals surface area contributed by atoms with E-state index in [0.717, 1.165) is 0 Å². The predicted molar refractivity (Wildman–Crippen MR) is 92.6 cm³/mol. The van der Waals surface area contributed by atoms with Crippen molar-refractivity contribution in [1.29, 1.82) is 0 Å². The summed E-state index contributed by atoms with van der Waals surface area (Å²) in [6.45, 7) is 0. The molecule has 0 atom stereocenters. The summed E-state index contributed by atoms with van der Waals surface area (Å²) in [5, 5.41) is 10.7. The first-order valence-electron chi connectivity index (χ1n) is 7.54. The minimum absolute atomic E-state index is 0.0412. The number of hydrogen-bond donors (Lipinski definition) is 1. The largest absolute Gasteiger partial charge is 0.507 e. The summed E-state index contributed by atoms with van der Waals surface area (Å²) < 4.78 is 5.60. The maximum atomic E-state index is 12.9. The minimum Gasteiger partial charge on any atom is -0.507 e. The lowest BCUT2D eigenvalue weighted by Crippen LogP contribution is -2.43. The first-order chi connectivity index (χ1) is 12.4. The van der Waals surface area contributed by atoms with Gasteiger partial charge in [0.05, 0.1) is 0 Å². The van der Waals surface area contributed by atoms with Crippen LogP contribution in [0.5, 0.6) is 0 Å². The number of hydrogen-bond acceptors (Lipinski definition) is 6. The van der Waals surface area contributed by atoms with Crippen molar-refractivity contribution in [3.8, 4) is 0 Å². The zero-order chi connectivity index (χ0) is 18.6. The third-order valence-electron chi connectivity index (χ3n) is 4.40. The molecular weight excluding hydrogens is 404 g/mol. The molecule has 1 fully saturated rings. The SMILES string of the molecule is O=C1OC2(C(=O)c3ccccc3C2=O)/C(=C(\O)c2cccc(Br)c2)C1=O. The topological polar surface area (TPSA) is 97.7 Å². The predicted octanol–water partition coefficient (Wildman–Crippen LogP) is 2.66. The Morgan fingerprint density at radius 3 is 2.12 bits per heavy atom. The zero-order valence-corrected chi connectivity index (χ0v) is 14.6. The number of aliphatic hydroxyl groups excluding tert-OH is 1. The Morgan fingerprint density at radius 1 is 0.923 bits per heavy atom. The van der Waals surface area contributed by atoms with Gasteiger partial charge in [-0.3, -0.25) is 14.4 Å². The summed E-state index contributed by atoms with van der Waals surface area (Å²) in [6.07, 6.45) is 0. The lowest BCUT2D eigenvalue weighted by atomic mass is 9.85. The van der Waals surface area contributed by atoms with Gasteiger partial charge in [0, 0.05) is 21.2 Å². The van der Waals surface area contributed by atoms with Crippen LogP contribution in [0.1, 0.15) is 26.3 Å². The fraction of sp³-hybridized carbons (Fsp3) is 0.0526. The monoisotopic (exact) mass is 412 g/mol. The number of halogens is 1. The van der Waals surface area contributed by atoms with Crippen molar-refractivity contribution < 1.29 is 29.0 Å². The average Bonchev–Trinajstić information content (AvgIpc) is 3.02. The third kappa shape index (κ3) is 1.97. The molecule has 1 saturated heterocycles. The van der Waals surface area contributed by atoms with E-state index < -0.39 is 40.3 Å². The van der Waals surface area contributed by atoms with E-state index in [2.05, 4.69) is 15.9 Å². The van der Waals surface area contributed by atoms with E-state index in [9.17, 15) is 24.3 Å². The fourth-order valence-corrected chi connectivity index (χ4v) is 3.63. The Labute approximate surface area is 155 Å². The minimum atomic E-state index is -2.47. The van der Waals surface area contributed by atoms with Gasteiger partial charge in [0.2, 0.25) is 11.6 Å². The van der Waals surface area contributed by atoms with E-state index >= 15 is 0 Å². The molecule has 0 aromatic heterocycles. The van der Waals surface area contributed by atoms with Crippen molar-refractivity contribution >= 4 is 45.0 Å². The molecule has 128 valence electrons. The second-order valence-electron chi connectivity index (χ2n) is 5.84. The molecule has 26 heavy (non-hydrogen) atoms. The molecule has 4 rings (SSSR count).